The fourth-order valence-electron chi connectivity index (χ4n) is 2.15. The van der Waals surface area contributed by atoms with Gasteiger partial charge in [-0.1, -0.05) is 11.6 Å². The maximum atomic E-state index is 12.0. The first kappa shape index (κ1) is 12.9. The molecule has 0 heterocycles. The number of ether oxygens (including phenoxy) is 1. The van der Waals surface area contributed by atoms with E-state index in [4.69, 9.17) is 4.74 Å². The van der Waals surface area contributed by atoms with Gasteiger partial charge in [0, 0.05) is 12.6 Å². The summed E-state index contributed by atoms with van der Waals surface area (Å²) in [6.07, 6.45) is 1.98. The zero-order chi connectivity index (χ0) is 13.1. The molecule has 2 rings (SSSR count). The summed E-state index contributed by atoms with van der Waals surface area (Å²) in [5.74, 6) is -0.185. The summed E-state index contributed by atoms with van der Waals surface area (Å²) in [4.78, 5) is 12.0. The molecule has 2 N–H and O–H groups in total. The number of aromatic hydroxyl groups is 1. The molecule has 98 valence electrons. The maximum Gasteiger partial charge on any atom is 0.255 e. The average molecular weight is 249 g/mol. The van der Waals surface area contributed by atoms with Crippen LogP contribution in [0, 0.1) is 6.92 Å². The van der Waals surface area contributed by atoms with Crippen LogP contribution in [-0.2, 0) is 4.74 Å². The number of phenols is 1. The molecule has 0 unspecified atom stereocenters. The van der Waals surface area contributed by atoms with E-state index in [0.29, 0.717) is 12.2 Å². The number of nitrogens with one attached hydrogen (secondary N) is 1. The van der Waals surface area contributed by atoms with Gasteiger partial charge in [-0.3, -0.25) is 4.79 Å². The number of amides is 1. The molecule has 0 aromatic heterocycles. The summed E-state index contributed by atoms with van der Waals surface area (Å²) >= 11 is 0. The Bertz CT molecular complexity index is 439. The van der Waals surface area contributed by atoms with Crippen LogP contribution < -0.4 is 5.32 Å². The van der Waals surface area contributed by atoms with Gasteiger partial charge < -0.3 is 15.2 Å². The zero-order valence-electron chi connectivity index (χ0n) is 10.8. The van der Waals surface area contributed by atoms with Crippen molar-refractivity contribution in [3.63, 3.8) is 0 Å². The summed E-state index contributed by atoms with van der Waals surface area (Å²) in [6.45, 7) is 4.57. The second-order valence-corrected chi connectivity index (χ2v) is 4.74. The minimum Gasteiger partial charge on any atom is -0.507 e. The topological polar surface area (TPSA) is 58.6 Å². The molecule has 1 aromatic carbocycles. The third kappa shape index (κ3) is 2.82. The molecule has 0 atom stereocenters. The number of hydrogen-bond acceptors (Lipinski definition) is 3. The van der Waals surface area contributed by atoms with Crippen LogP contribution in [0.1, 0.15) is 35.7 Å². The van der Waals surface area contributed by atoms with Crippen LogP contribution in [0.25, 0.3) is 0 Å². The van der Waals surface area contributed by atoms with E-state index in [2.05, 4.69) is 5.32 Å². The highest BCUT2D eigenvalue weighted by atomic mass is 16.5. The molecule has 1 saturated carbocycles. The van der Waals surface area contributed by atoms with Crippen molar-refractivity contribution in [2.75, 3.05) is 6.61 Å². The highest BCUT2D eigenvalue weighted by Gasteiger charge is 2.31. The Labute approximate surface area is 107 Å². The lowest BCUT2D eigenvalue weighted by Gasteiger charge is -2.35. The number of carbonyl (C=O) groups is 1. The second-order valence-electron chi connectivity index (χ2n) is 4.74. The highest BCUT2D eigenvalue weighted by Crippen LogP contribution is 2.25. The van der Waals surface area contributed by atoms with Gasteiger partial charge in [-0.25, -0.2) is 0 Å². The van der Waals surface area contributed by atoms with Crippen molar-refractivity contribution in [2.24, 2.45) is 0 Å². The van der Waals surface area contributed by atoms with Crippen LogP contribution in [0.5, 0.6) is 5.75 Å². The minimum atomic E-state index is -0.212. The number of aryl methyl sites for hydroxylation is 1. The first-order chi connectivity index (χ1) is 8.60. The molecular weight excluding hydrogens is 230 g/mol. The van der Waals surface area contributed by atoms with Gasteiger partial charge in [0.15, 0.2) is 0 Å². The van der Waals surface area contributed by atoms with E-state index < -0.39 is 0 Å². The Hall–Kier alpha value is -1.55. The first-order valence-corrected chi connectivity index (χ1v) is 6.32. The van der Waals surface area contributed by atoms with Crippen LogP contribution in [0.3, 0.4) is 0 Å². The van der Waals surface area contributed by atoms with Gasteiger partial charge in [-0.2, -0.15) is 0 Å². The number of phenolic OH excluding ortho intramolecular Hbond substituents is 1. The summed E-state index contributed by atoms with van der Waals surface area (Å²) in [5, 5.41) is 12.6. The Morgan fingerprint density at radius 2 is 2.22 bits per heavy atom. The molecule has 0 spiro atoms. The van der Waals surface area contributed by atoms with Crippen molar-refractivity contribution in [2.45, 2.75) is 38.8 Å². The summed E-state index contributed by atoms with van der Waals surface area (Å²) < 4.78 is 5.44. The molecule has 18 heavy (non-hydrogen) atoms. The van der Waals surface area contributed by atoms with Crippen molar-refractivity contribution in [1.82, 2.24) is 5.32 Å². The highest BCUT2D eigenvalue weighted by molar-refractivity contribution is 5.97. The standard InChI is InChI=1S/C14H19NO3/c1-3-18-11-7-10(8-11)15-14(17)12-6-9(2)4-5-13(12)16/h4-6,10-11,16H,3,7-8H2,1-2H3,(H,15,17). The molecular formula is C14H19NO3. The van der Waals surface area contributed by atoms with Gasteiger partial charge in [0.2, 0.25) is 0 Å². The van der Waals surface area contributed by atoms with Crippen LogP contribution in [0.2, 0.25) is 0 Å². The Balaban J connectivity index is 1.91. The lowest BCUT2D eigenvalue weighted by molar-refractivity contribution is -0.00863. The second kappa shape index (κ2) is 5.40. The summed E-state index contributed by atoms with van der Waals surface area (Å²) in [6, 6.07) is 5.19. The van der Waals surface area contributed by atoms with E-state index in [1.54, 1.807) is 18.2 Å². The number of rotatable bonds is 4. The molecule has 0 bridgehead atoms. The lowest BCUT2D eigenvalue weighted by Crippen LogP contribution is -2.47. The Morgan fingerprint density at radius 1 is 1.50 bits per heavy atom. The van der Waals surface area contributed by atoms with E-state index in [1.807, 2.05) is 13.8 Å². The molecule has 1 aromatic rings. The normalized spacial score (nSPS) is 22.3. The molecule has 4 nitrogen and oxygen atoms in total. The van der Waals surface area contributed by atoms with E-state index in [0.717, 1.165) is 18.4 Å². The fourth-order valence-corrected chi connectivity index (χ4v) is 2.15. The average Bonchev–Trinajstić information content (AvgIpc) is 2.29. The molecule has 0 radical (unpaired) electrons. The number of hydrogen-bond donors (Lipinski definition) is 2. The molecule has 0 aliphatic heterocycles. The zero-order valence-corrected chi connectivity index (χ0v) is 10.8. The van der Waals surface area contributed by atoms with Crippen LogP contribution in [0.15, 0.2) is 18.2 Å². The van der Waals surface area contributed by atoms with Crippen molar-refractivity contribution < 1.29 is 14.6 Å². The number of carbonyl (C=O) groups excluding carboxylic acids is 1. The van der Waals surface area contributed by atoms with Crippen molar-refractivity contribution in [3.05, 3.63) is 29.3 Å². The van der Waals surface area contributed by atoms with E-state index >= 15 is 0 Å². The van der Waals surface area contributed by atoms with E-state index in [1.165, 1.54) is 0 Å². The van der Waals surface area contributed by atoms with Crippen molar-refractivity contribution in [1.29, 1.82) is 0 Å². The lowest BCUT2D eigenvalue weighted by atomic mass is 9.89. The quantitative estimate of drug-likeness (QED) is 0.858. The van der Waals surface area contributed by atoms with Crippen LogP contribution in [0.4, 0.5) is 0 Å². The van der Waals surface area contributed by atoms with Gasteiger partial charge >= 0.3 is 0 Å². The van der Waals surface area contributed by atoms with Crippen LogP contribution in [-0.4, -0.2) is 29.8 Å². The third-order valence-electron chi connectivity index (χ3n) is 3.23. The van der Waals surface area contributed by atoms with E-state index in [-0.39, 0.29) is 23.8 Å². The molecule has 1 aliphatic carbocycles. The third-order valence-corrected chi connectivity index (χ3v) is 3.23. The smallest absolute Gasteiger partial charge is 0.255 e. The van der Waals surface area contributed by atoms with Crippen molar-refractivity contribution >= 4 is 5.91 Å². The van der Waals surface area contributed by atoms with E-state index in [9.17, 15) is 9.90 Å². The van der Waals surface area contributed by atoms with Crippen molar-refractivity contribution in [3.8, 4) is 5.75 Å². The molecule has 1 amide bonds. The molecule has 0 saturated heterocycles. The van der Waals surface area contributed by atoms with Crippen LogP contribution >= 0.6 is 0 Å². The first-order valence-electron chi connectivity index (χ1n) is 6.32. The SMILES string of the molecule is CCOC1CC(NC(=O)c2cc(C)ccc2O)C1. The monoisotopic (exact) mass is 249 g/mol. The minimum absolute atomic E-state index is 0.0266. The maximum absolute atomic E-state index is 12.0. The number of benzene rings is 1. The predicted octanol–water partition coefficient (Wildman–Crippen LogP) is 2.00. The summed E-state index contributed by atoms with van der Waals surface area (Å²) in [5.41, 5.74) is 1.30. The van der Waals surface area contributed by atoms with Gasteiger partial charge in [0.1, 0.15) is 5.75 Å². The predicted molar refractivity (Wildman–Crippen MR) is 68.7 cm³/mol. The van der Waals surface area contributed by atoms with Gasteiger partial charge in [-0.05, 0) is 38.8 Å². The molecule has 1 fully saturated rings. The van der Waals surface area contributed by atoms with Gasteiger partial charge in [0.05, 0.1) is 11.7 Å². The largest absolute Gasteiger partial charge is 0.507 e. The van der Waals surface area contributed by atoms with Gasteiger partial charge in [0.25, 0.3) is 5.91 Å². The Kier molecular flexibility index (Phi) is 3.87. The Morgan fingerprint density at radius 3 is 2.89 bits per heavy atom. The summed E-state index contributed by atoms with van der Waals surface area (Å²) in [7, 11) is 0. The van der Waals surface area contributed by atoms with Gasteiger partial charge in [-0.15, -0.1) is 0 Å². The molecule has 1 aliphatic rings. The fraction of sp³-hybridized carbons (Fsp3) is 0.500. The molecule has 4 heteroatoms.